The van der Waals surface area contributed by atoms with Crippen LogP contribution in [0.5, 0.6) is 0 Å². The molecule has 4 heteroatoms. The molecule has 2 aromatic carbocycles. The quantitative estimate of drug-likeness (QED) is 0.643. The van der Waals surface area contributed by atoms with Gasteiger partial charge >= 0.3 is 0 Å². The molecule has 1 fully saturated rings. The highest BCUT2D eigenvalue weighted by Gasteiger charge is 2.20. The van der Waals surface area contributed by atoms with Crippen LogP contribution >= 0.6 is 11.8 Å². The van der Waals surface area contributed by atoms with Crippen molar-refractivity contribution in [1.29, 1.82) is 0 Å². The first kappa shape index (κ1) is 17.4. The molecule has 134 valence electrons. The van der Waals surface area contributed by atoms with Crippen LogP contribution in [0.1, 0.15) is 18.4 Å². The fourth-order valence-corrected chi connectivity index (χ4v) is 4.18. The molecular formula is C22H25N3S. The van der Waals surface area contributed by atoms with E-state index < -0.39 is 0 Å². The van der Waals surface area contributed by atoms with Gasteiger partial charge in [0.1, 0.15) is 0 Å². The maximum atomic E-state index is 4.23. The van der Waals surface area contributed by atoms with Crippen LogP contribution in [0.3, 0.4) is 0 Å². The second kappa shape index (κ2) is 8.11. The van der Waals surface area contributed by atoms with Crippen molar-refractivity contribution in [3.05, 3.63) is 66.5 Å². The van der Waals surface area contributed by atoms with Gasteiger partial charge in [-0.1, -0.05) is 24.3 Å². The van der Waals surface area contributed by atoms with Crippen LogP contribution in [-0.2, 0) is 6.54 Å². The van der Waals surface area contributed by atoms with Crippen molar-refractivity contribution in [2.75, 3.05) is 24.7 Å². The van der Waals surface area contributed by atoms with Crippen molar-refractivity contribution in [2.24, 2.45) is 0 Å². The molecule has 26 heavy (non-hydrogen) atoms. The summed E-state index contributed by atoms with van der Waals surface area (Å²) in [5.41, 5.74) is 2.63. The summed E-state index contributed by atoms with van der Waals surface area (Å²) >= 11 is 1.80. The summed E-state index contributed by atoms with van der Waals surface area (Å²) in [6.45, 7) is 3.31. The molecule has 1 saturated heterocycles. The Balaban J connectivity index is 1.43. The lowest BCUT2D eigenvalue weighted by atomic mass is 10.0. The SMILES string of the molecule is CSc1ccc(CN2CCC[C@H](Nc3cccc4cnccc34)C2)cc1. The van der Waals surface area contributed by atoms with E-state index >= 15 is 0 Å². The Morgan fingerprint density at radius 2 is 2.04 bits per heavy atom. The topological polar surface area (TPSA) is 28.2 Å². The lowest BCUT2D eigenvalue weighted by molar-refractivity contribution is 0.208. The van der Waals surface area contributed by atoms with Gasteiger partial charge in [0, 0.05) is 52.9 Å². The van der Waals surface area contributed by atoms with E-state index in [9.17, 15) is 0 Å². The zero-order valence-electron chi connectivity index (χ0n) is 15.2. The first-order chi connectivity index (χ1) is 12.8. The van der Waals surface area contributed by atoms with Crippen molar-refractivity contribution < 1.29 is 0 Å². The van der Waals surface area contributed by atoms with E-state index in [1.165, 1.54) is 46.3 Å². The van der Waals surface area contributed by atoms with Crippen molar-refractivity contribution in [3.63, 3.8) is 0 Å². The van der Waals surface area contributed by atoms with Crippen LogP contribution in [0.15, 0.2) is 65.8 Å². The number of thioether (sulfide) groups is 1. The average Bonchev–Trinajstić information content (AvgIpc) is 2.69. The summed E-state index contributed by atoms with van der Waals surface area (Å²) in [5, 5.41) is 6.24. The summed E-state index contributed by atoms with van der Waals surface area (Å²) in [4.78, 5) is 8.14. The van der Waals surface area contributed by atoms with Gasteiger partial charge in [0.2, 0.25) is 0 Å². The average molecular weight is 364 g/mol. The largest absolute Gasteiger partial charge is 0.381 e. The van der Waals surface area contributed by atoms with E-state index in [1.54, 1.807) is 11.8 Å². The van der Waals surface area contributed by atoms with Gasteiger partial charge in [0.25, 0.3) is 0 Å². The number of rotatable bonds is 5. The fourth-order valence-electron chi connectivity index (χ4n) is 3.77. The summed E-state index contributed by atoms with van der Waals surface area (Å²) in [6, 6.07) is 18.0. The molecule has 1 aliphatic rings. The Morgan fingerprint density at radius 3 is 2.88 bits per heavy atom. The molecule has 0 spiro atoms. The second-order valence-electron chi connectivity index (χ2n) is 6.97. The van der Waals surface area contributed by atoms with Gasteiger partial charge < -0.3 is 5.32 Å². The third kappa shape index (κ3) is 4.02. The molecule has 0 bridgehead atoms. The third-order valence-corrected chi connectivity index (χ3v) is 5.85. The standard InChI is InChI=1S/C22H25N3S/c1-26-20-9-7-17(8-10-20)15-25-13-3-5-19(16-25)24-22-6-2-4-18-14-23-12-11-21(18)22/h2,4,6-12,14,19,24H,3,5,13,15-16H2,1H3/t19-/m0/s1. The predicted molar refractivity (Wildman–Crippen MR) is 112 cm³/mol. The highest BCUT2D eigenvalue weighted by molar-refractivity contribution is 7.98. The highest BCUT2D eigenvalue weighted by atomic mass is 32.2. The van der Waals surface area contributed by atoms with Crippen molar-refractivity contribution in [3.8, 4) is 0 Å². The lowest BCUT2D eigenvalue weighted by Crippen LogP contribution is -2.41. The Morgan fingerprint density at radius 1 is 1.15 bits per heavy atom. The second-order valence-corrected chi connectivity index (χ2v) is 7.85. The molecule has 4 rings (SSSR count). The van der Waals surface area contributed by atoms with E-state index in [0.717, 1.165) is 13.1 Å². The van der Waals surface area contributed by atoms with Gasteiger partial charge in [-0.25, -0.2) is 0 Å². The summed E-state index contributed by atoms with van der Waals surface area (Å²) in [5.74, 6) is 0. The zero-order valence-corrected chi connectivity index (χ0v) is 16.0. The van der Waals surface area contributed by atoms with Crippen LogP contribution in [0.4, 0.5) is 5.69 Å². The molecule has 1 aliphatic heterocycles. The van der Waals surface area contributed by atoms with Crippen LogP contribution in [0, 0.1) is 0 Å². The maximum absolute atomic E-state index is 4.23. The fraction of sp³-hybridized carbons (Fsp3) is 0.318. The molecule has 1 N–H and O–H groups in total. The minimum atomic E-state index is 0.494. The number of anilines is 1. The molecule has 3 aromatic rings. The number of nitrogens with zero attached hydrogens (tertiary/aromatic N) is 2. The first-order valence-corrected chi connectivity index (χ1v) is 10.5. The normalized spacial score (nSPS) is 18.1. The minimum Gasteiger partial charge on any atom is -0.381 e. The molecule has 0 radical (unpaired) electrons. The summed E-state index contributed by atoms with van der Waals surface area (Å²) < 4.78 is 0. The highest BCUT2D eigenvalue weighted by Crippen LogP contribution is 2.25. The molecule has 2 heterocycles. The number of aromatic nitrogens is 1. The van der Waals surface area contributed by atoms with Gasteiger partial charge in [-0.2, -0.15) is 0 Å². The van der Waals surface area contributed by atoms with Gasteiger partial charge in [0.15, 0.2) is 0 Å². The van der Waals surface area contributed by atoms with E-state index in [-0.39, 0.29) is 0 Å². The summed E-state index contributed by atoms with van der Waals surface area (Å²) in [6.07, 6.45) is 8.40. The van der Waals surface area contributed by atoms with E-state index in [0.29, 0.717) is 6.04 Å². The molecule has 0 unspecified atom stereocenters. The number of piperidine rings is 1. The van der Waals surface area contributed by atoms with Crippen LogP contribution in [0.2, 0.25) is 0 Å². The number of pyridine rings is 1. The van der Waals surface area contributed by atoms with Crippen molar-refractivity contribution in [1.82, 2.24) is 9.88 Å². The first-order valence-electron chi connectivity index (χ1n) is 9.26. The van der Waals surface area contributed by atoms with Gasteiger partial charge in [-0.05, 0) is 55.5 Å². The van der Waals surface area contributed by atoms with Crippen LogP contribution < -0.4 is 5.32 Å². The Kier molecular flexibility index (Phi) is 5.42. The van der Waals surface area contributed by atoms with E-state index in [1.807, 2.05) is 12.4 Å². The van der Waals surface area contributed by atoms with Crippen molar-refractivity contribution >= 4 is 28.2 Å². The molecule has 1 aromatic heterocycles. The van der Waals surface area contributed by atoms with Crippen molar-refractivity contribution in [2.45, 2.75) is 30.3 Å². The number of benzene rings is 2. The predicted octanol–water partition coefficient (Wildman–Crippen LogP) is 5.03. The van der Waals surface area contributed by atoms with Gasteiger partial charge in [-0.3, -0.25) is 9.88 Å². The number of hydrogen-bond acceptors (Lipinski definition) is 4. The van der Waals surface area contributed by atoms with E-state index in [2.05, 4.69) is 70.0 Å². The van der Waals surface area contributed by atoms with Crippen LogP contribution in [-0.4, -0.2) is 35.3 Å². The minimum absolute atomic E-state index is 0.494. The van der Waals surface area contributed by atoms with Crippen LogP contribution in [0.25, 0.3) is 10.8 Å². The molecule has 3 nitrogen and oxygen atoms in total. The molecular weight excluding hydrogens is 338 g/mol. The lowest BCUT2D eigenvalue weighted by Gasteiger charge is -2.34. The molecule has 0 amide bonds. The number of hydrogen-bond donors (Lipinski definition) is 1. The number of likely N-dealkylation sites (tertiary alicyclic amines) is 1. The Bertz CT molecular complexity index is 857. The number of nitrogens with one attached hydrogen (secondary N) is 1. The summed E-state index contributed by atoms with van der Waals surface area (Å²) in [7, 11) is 0. The van der Waals surface area contributed by atoms with Gasteiger partial charge in [-0.15, -0.1) is 11.8 Å². The smallest absolute Gasteiger partial charge is 0.0423 e. The third-order valence-electron chi connectivity index (χ3n) is 5.11. The van der Waals surface area contributed by atoms with E-state index in [4.69, 9.17) is 0 Å². The molecule has 0 saturated carbocycles. The molecule has 0 aliphatic carbocycles. The monoisotopic (exact) mass is 363 g/mol. The Labute approximate surface area is 159 Å². The zero-order chi connectivity index (χ0) is 17.8. The molecule has 1 atom stereocenters. The number of fused-ring (bicyclic) bond motifs is 1. The Hall–Kier alpha value is -2.04. The van der Waals surface area contributed by atoms with Gasteiger partial charge in [0.05, 0.1) is 0 Å². The maximum Gasteiger partial charge on any atom is 0.0423 e.